The topological polar surface area (TPSA) is 62.9 Å². The third kappa shape index (κ3) is 2.65. The second-order valence-electron chi connectivity index (χ2n) is 6.21. The Bertz CT molecular complexity index is 582. The molecule has 1 amide bonds. The Hall–Kier alpha value is -1.47. The lowest BCUT2D eigenvalue weighted by Crippen LogP contribution is -2.62. The van der Waals surface area contributed by atoms with E-state index in [9.17, 15) is 18.7 Å². The molecule has 1 unspecified atom stereocenters. The van der Waals surface area contributed by atoms with Gasteiger partial charge in [0.2, 0.25) is 0 Å². The van der Waals surface area contributed by atoms with Crippen LogP contribution >= 0.6 is 0 Å². The number of halogens is 2. The molecular weight excluding hydrogens is 308 g/mol. The molecule has 128 valence electrons. The van der Waals surface area contributed by atoms with Crippen LogP contribution in [0.2, 0.25) is 0 Å². The highest BCUT2D eigenvalue weighted by atomic mass is 19.3. The number of nitrogens with zero attached hydrogens (tertiary/aromatic N) is 1. The molecule has 0 bridgehead atoms. The van der Waals surface area contributed by atoms with Gasteiger partial charge >= 0.3 is 5.92 Å². The van der Waals surface area contributed by atoms with E-state index in [4.69, 9.17) is 9.15 Å². The van der Waals surface area contributed by atoms with Crippen LogP contribution in [0, 0.1) is 0 Å². The van der Waals surface area contributed by atoms with Crippen LogP contribution < -0.4 is 0 Å². The number of ether oxygens (including phenoxy) is 1. The summed E-state index contributed by atoms with van der Waals surface area (Å²) in [6.07, 6.45) is 1.07. The zero-order chi connectivity index (χ0) is 16.7. The van der Waals surface area contributed by atoms with Gasteiger partial charge in [0.1, 0.15) is 23.2 Å². The van der Waals surface area contributed by atoms with Gasteiger partial charge in [-0.25, -0.2) is 0 Å². The van der Waals surface area contributed by atoms with Gasteiger partial charge in [-0.1, -0.05) is 6.92 Å². The highest BCUT2D eigenvalue weighted by Crippen LogP contribution is 2.46. The molecule has 0 aromatic carbocycles. The molecule has 1 saturated carbocycles. The van der Waals surface area contributed by atoms with E-state index in [1.54, 1.807) is 12.1 Å². The molecule has 5 nitrogen and oxygen atoms in total. The number of morpholine rings is 1. The van der Waals surface area contributed by atoms with E-state index in [0.29, 0.717) is 18.6 Å². The Kier molecular flexibility index (Phi) is 4.18. The van der Waals surface area contributed by atoms with Crippen molar-refractivity contribution < 1.29 is 27.8 Å². The van der Waals surface area contributed by atoms with Crippen LogP contribution in [0.5, 0.6) is 0 Å². The Morgan fingerprint density at radius 2 is 2.22 bits per heavy atom. The van der Waals surface area contributed by atoms with Gasteiger partial charge in [0, 0.05) is 13.0 Å². The standard InChI is InChI=1S/C16H21F2NO4/c1-2-11-4-5-13(23-11)12-10-22-9-8-19(12)14(20)16(17,18)15(21)6-3-7-15/h4-5,12,21H,2-3,6-10H2,1H3. The summed E-state index contributed by atoms with van der Waals surface area (Å²) in [7, 11) is 0. The first kappa shape index (κ1) is 16.4. The minimum absolute atomic E-state index is 0.0529. The first-order valence-corrected chi connectivity index (χ1v) is 7.96. The van der Waals surface area contributed by atoms with E-state index >= 15 is 0 Å². The van der Waals surface area contributed by atoms with Gasteiger partial charge in [-0.15, -0.1) is 0 Å². The SMILES string of the molecule is CCc1ccc(C2COCCN2C(=O)C(F)(F)C2(O)CCC2)o1. The predicted octanol–water partition coefficient (Wildman–Crippen LogP) is 2.29. The van der Waals surface area contributed by atoms with Gasteiger partial charge in [0.05, 0.1) is 13.2 Å². The number of carbonyl (C=O) groups is 1. The number of hydrogen-bond donors (Lipinski definition) is 1. The van der Waals surface area contributed by atoms with Gasteiger partial charge < -0.3 is 19.2 Å². The van der Waals surface area contributed by atoms with Crippen molar-refractivity contribution in [3.8, 4) is 0 Å². The predicted molar refractivity (Wildman–Crippen MR) is 77.1 cm³/mol. The Labute approximate surface area is 133 Å². The van der Waals surface area contributed by atoms with Crippen molar-refractivity contribution in [1.82, 2.24) is 4.90 Å². The van der Waals surface area contributed by atoms with E-state index in [2.05, 4.69) is 0 Å². The summed E-state index contributed by atoms with van der Waals surface area (Å²) in [5.74, 6) is -3.97. The van der Waals surface area contributed by atoms with Crippen LogP contribution in [0.25, 0.3) is 0 Å². The maximum atomic E-state index is 14.5. The van der Waals surface area contributed by atoms with Crippen molar-refractivity contribution in [2.75, 3.05) is 19.8 Å². The summed E-state index contributed by atoms with van der Waals surface area (Å²) in [5, 5.41) is 9.99. The zero-order valence-corrected chi connectivity index (χ0v) is 13.1. The average Bonchev–Trinajstić information content (AvgIpc) is 3.00. The van der Waals surface area contributed by atoms with E-state index < -0.39 is 23.5 Å². The summed E-state index contributed by atoms with van der Waals surface area (Å²) in [6.45, 7) is 2.27. The van der Waals surface area contributed by atoms with Crippen molar-refractivity contribution in [3.05, 3.63) is 23.7 Å². The molecule has 7 heteroatoms. The number of aliphatic hydroxyl groups is 1. The fraction of sp³-hybridized carbons (Fsp3) is 0.688. The number of hydrogen-bond acceptors (Lipinski definition) is 4. The fourth-order valence-corrected chi connectivity index (χ4v) is 3.05. The molecule has 1 saturated heterocycles. The number of furan rings is 1. The van der Waals surface area contributed by atoms with Crippen LogP contribution in [0.1, 0.15) is 43.7 Å². The van der Waals surface area contributed by atoms with Crippen molar-refractivity contribution in [1.29, 1.82) is 0 Å². The summed E-state index contributed by atoms with van der Waals surface area (Å²) in [4.78, 5) is 13.5. The second kappa shape index (κ2) is 5.87. The minimum Gasteiger partial charge on any atom is -0.464 e. The smallest absolute Gasteiger partial charge is 0.352 e. The monoisotopic (exact) mass is 329 g/mol. The molecule has 1 aromatic rings. The lowest BCUT2D eigenvalue weighted by Gasteiger charge is -2.45. The van der Waals surface area contributed by atoms with E-state index in [1.807, 2.05) is 6.92 Å². The molecule has 1 aromatic heterocycles. The number of aryl methyl sites for hydroxylation is 1. The molecule has 1 atom stereocenters. The summed E-state index contributed by atoms with van der Waals surface area (Å²) in [6, 6.07) is 2.77. The fourth-order valence-electron chi connectivity index (χ4n) is 3.05. The first-order chi connectivity index (χ1) is 10.9. The molecule has 3 rings (SSSR count). The molecule has 0 radical (unpaired) electrons. The molecule has 2 fully saturated rings. The molecule has 2 aliphatic rings. The van der Waals surface area contributed by atoms with Gasteiger partial charge in [-0.3, -0.25) is 4.79 Å². The lowest BCUT2D eigenvalue weighted by molar-refractivity contribution is -0.228. The van der Waals surface area contributed by atoms with E-state index in [1.165, 1.54) is 0 Å². The maximum Gasteiger partial charge on any atom is 0.352 e. The van der Waals surface area contributed by atoms with Gasteiger partial charge in [0.15, 0.2) is 0 Å². The normalized spacial score (nSPS) is 24.3. The van der Waals surface area contributed by atoms with E-state index in [-0.39, 0.29) is 32.6 Å². The Balaban J connectivity index is 1.84. The maximum absolute atomic E-state index is 14.5. The van der Waals surface area contributed by atoms with Gasteiger partial charge in [-0.2, -0.15) is 8.78 Å². The van der Waals surface area contributed by atoms with Crippen molar-refractivity contribution in [2.24, 2.45) is 0 Å². The quantitative estimate of drug-likeness (QED) is 0.921. The molecule has 1 N–H and O–H groups in total. The lowest BCUT2D eigenvalue weighted by atomic mass is 9.75. The minimum atomic E-state index is -3.79. The molecule has 0 spiro atoms. The van der Waals surface area contributed by atoms with Crippen molar-refractivity contribution >= 4 is 5.91 Å². The second-order valence-corrected chi connectivity index (χ2v) is 6.21. The third-order valence-corrected chi connectivity index (χ3v) is 4.78. The zero-order valence-electron chi connectivity index (χ0n) is 13.1. The van der Waals surface area contributed by atoms with Crippen LogP contribution in [-0.2, 0) is 16.0 Å². The Morgan fingerprint density at radius 1 is 1.48 bits per heavy atom. The van der Waals surface area contributed by atoms with Gasteiger partial charge in [-0.05, 0) is 31.4 Å². The van der Waals surface area contributed by atoms with Crippen LogP contribution in [0.15, 0.2) is 16.5 Å². The van der Waals surface area contributed by atoms with Crippen LogP contribution in [-0.4, -0.2) is 47.2 Å². The number of rotatable bonds is 4. The first-order valence-electron chi connectivity index (χ1n) is 7.96. The summed E-state index contributed by atoms with van der Waals surface area (Å²) < 4.78 is 39.9. The van der Waals surface area contributed by atoms with Crippen LogP contribution in [0.3, 0.4) is 0 Å². The highest BCUT2D eigenvalue weighted by Gasteiger charge is 2.63. The molecular formula is C16H21F2NO4. The number of amides is 1. The van der Waals surface area contributed by atoms with Gasteiger partial charge in [0.25, 0.3) is 5.91 Å². The Morgan fingerprint density at radius 3 is 2.78 bits per heavy atom. The molecule has 2 heterocycles. The molecule has 1 aliphatic heterocycles. The average molecular weight is 329 g/mol. The molecule has 1 aliphatic carbocycles. The highest BCUT2D eigenvalue weighted by molar-refractivity contribution is 5.85. The van der Waals surface area contributed by atoms with E-state index in [0.717, 1.165) is 10.7 Å². The summed E-state index contributed by atoms with van der Waals surface area (Å²) in [5.41, 5.74) is -2.22. The summed E-state index contributed by atoms with van der Waals surface area (Å²) >= 11 is 0. The van der Waals surface area contributed by atoms with Crippen LogP contribution in [0.4, 0.5) is 8.78 Å². The molecule has 23 heavy (non-hydrogen) atoms. The van der Waals surface area contributed by atoms with Crippen molar-refractivity contribution in [2.45, 2.75) is 50.2 Å². The van der Waals surface area contributed by atoms with Crippen molar-refractivity contribution in [3.63, 3.8) is 0 Å². The third-order valence-electron chi connectivity index (χ3n) is 4.78. The number of alkyl halides is 2. The number of carbonyl (C=O) groups excluding carboxylic acids is 1. The largest absolute Gasteiger partial charge is 0.464 e.